The van der Waals surface area contributed by atoms with E-state index < -0.39 is 5.54 Å². The molecule has 0 rings (SSSR count). The molecular weight excluding hydrogens is 186 g/mol. The standard InChI is InChI=1S/C9H21NO4/c11-5-3-1-2-4-10-9(6-12,7-13)8-14/h10-14H,1-8H2. The largest absolute Gasteiger partial charge is 0.396 e. The van der Waals surface area contributed by atoms with Gasteiger partial charge in [0.2, 0.25) is 0 Å². The quantitative estimate of drug-likeness (QED) is 0.295. The average Bonchev–Trinajstić information content (AvgIpc) is 2.24. The Morgan fingerprint density at radius 3 is 1.79 bits per heavy atom. The first-order chi connectivity index (χ1) is 6.74. The van der Waals surface area contributed by atoms with E-state index in [0.29, 0.717) is 6.54 Å². The van der Waals surface area contributed by atoms with Gasteiger partial charge in [-0.05, 0) is 25.8 Å². The summed E-state index contributed by atoms with van der Waals surface area (Å²) >= 11 is 0. The molecule has 14 heavy (non-hydrogen) atoms. The highest BCUT2D eigenvalue weighted by molar-refractivity contribution is 4.85. The van der Waals surface area contributed by atoms with Gasteiger partial charge in [-0.15, -0.1) is 0 Å². The molecule has 0 saturated heterocycles. The number of hydrogen-bond donors (Lipinski definition) is 5. The topological polar surface area (TPSA) is 93.0 Å². The van der Waals surface area contributed by atoms with Crippen LogP contribution in [0.15, 0.2) is 0 Å². The van der Waals surface area contributed by atoms with Crippen molar-refractivity contribution in [2.24, 2.45) is 0 Å². The maximum absolute atomic E-state index is 8.96. The third-order valence-corrected chi connectivity index (χ3v) is 2.24. The predicted octanol–water partition coefficient (Wildman–Crippen LogP) is -1.55. The van der Waals surface area contributed by atoms with E-state index in [9.17, 15) is 0 Å². The van der Waals surface area contributed by atoms with Crippen LogP contribution < -0.4 is 5.32 Å². The fraction of sp³-hybridized carbons (Fsp3) is 1.00. The van der Waals surface area contributed by atoms with E-state index >= 15 is 0 Å². The molecule has 0 saturated carbocycles. The van der Waals surface area contributed by atoms with Gasteiger partial charge in [0.15, 0.2) is 0 Å². The number of unbranched alkanes of at least 4 members (excludes halogenated alkanes) is 2. The van der Waals surface area contributed by atoms with Crippen molar-refractivity contribution in [1.82, 2.24) is 5.32 Å². The minimum atomic E-state index is -0.973. The first-order valence-electron chi connectivity index (χ1n) is 4.93. The molecule has 0 aliphatic rings. The van der Waals surface area contributed by atoms with Crippen molar-refractivity contribution in [3.05, 3.63) is 0 Å². The van der Waals surface area contributed by atoms with Gasteiger partial charge in [-0.1, -0.05) is 0 Å². The monoisotopic (exact) mass is 207 g/mol. The van der Waals surface area contributed by atoms with Crippen LogP contribution in [0, 0.1) is 0 Å². The molecule has 0 aliphatic carbocycles. The molecule has 0 spiro atoms. The summed E-state index contributed by atoms with van der Waals surface area (Å²) in [6.45, 7) is -0.0766. The fourth-order valence-electron chi connectivity index (χ4n) is 1.08. The molecule has 0 bridgehead atoms. The number of rotatable bonds is 9. The Balaban J connectivity index is 3.61. The van der Waals surface area contributed by atoms with Gasteiger partial charge < -0.3 is 25.7 Å². The van der Waals surface area contributed by atoms with Crippen LogP contribution in [-0.2, 0) is 0 Å². The third kappa shape index (κ3) is 4.88. The SMILES string of the molecule is OCCCCCNC(CO)(CO)CO. The summed E-state index contributed by atoms with van der Waals surface area (Å²) in [6, 6.07) is 0. The van der Waals surface area contributed by atoms with E-state index in [1.807, 2.05) is 0 Å². The summed E-state index contributed by atoms with van der Waals surface area (Å²) in [6.07, 6.45) is 2.50. The van der Waals surface area contributed by atoms with Gasteiger partial charge in [-0.25, -0.2) is 0 Å². The summed E-state index contributed by atoms with van der Waals surface area (Å²) in [7, 11) is 0. The normalized spacial score (nSPS) is 12.0. The average molecular weight is 207 g/mol. The van der Waals surface area contributed by atoms with Crippen molar-refractivity contribution < 1.29 is 20.4 Å². The molecule has 0 amide bonds. The second kappa shape index (κ2) is 8.14. The molecule has 0 aromatic rings. The Bertz CT molecular complexity index is 120. The lowest BCUT2D eigenvalue weighted by Crippen LogP contribution is -2.55. The molecule has 0 aromatic heterocycles. The molecule has 0 aromatic carbocycles. The van der Waals surface area contributed by atoms with E-state index in [1.165, 1.54) is 0 Å². The summed E-state index contributed by atoms with van der Waals surface area (Å²) in [5.74, 6) is 0. The first-order valence-corrected chi connectivity index (χ1v) is 4.93. The second-order valence-electron chi connectivity index (χ2n) is 3.47. The lowest BCUT2D eigenvalue weighted by molar-refractivity contribution is 0.0425. The molecule has 5 nitrogen and oxygen atoms in total. The zero-order valence-electron chi connectivity index (χ0n) is 8.45. The number of nitrogens with one attached hydrogen (secondary N) is 1. The molecule has 0 unspecified atom stereocenters. The molecule has 5 heteroatoms. The molecule has 0 atom stereocenters. The summed E-state index contributed by atoms with van der Waals surface area (Å²) in [4.78, 5) is 0. The van der Waals surface area contributed by atoms with Crippen molar-refractivity contribution >= 4 is 0 Å². The summed E-state index contributed by atoms with van der Waals surface area (Å²) in [5.41, 5.74) is -0.973. The minimum Gasteiger partial charge on any atom is -0.396 e. The Hall–Kier alpha value is -0.200. The fourth-order valence-corrected chi connectivity index (χ4v) is 1.08. The lowest BCUT2D eigenvalue weighted by Gasteiger charge is -2.28. The minimum absolute atomic E-state index is 0.186. The zero-order valence-corrected chi connectivity index (χ0v) is 8.45. The molecule has 0 fully saturated rings. The zero-order chi connectivity index (χ0) is 10.9. The first kappa shape index (κ1) is 13.8. The van der Waals surface area contributed by atoms with Gasteiger partial charge in [-0.2, -0.15) is 0 Å². The maximum atomic E-state index is 8.96. The van der Waals surface area contributed by atoms with Gasteiger partial charge in [0.25, 0.3) is 0 Å². The van der Waals surface area contributed by atoms with Gasteiger partial charge in [0.1, 0.15) is 0 Å². The predicted molar refractivity (Wildman–Crippen MR) is 52.9 cm³/mol. The molecule has 0 heterocycles. The van der Waals surface area contributed by atoms with Crippen molar-refractivity contribution in [1.29, 1.82) is 0 Å². The van der Waals surface area contributed by atoms with Gasteiger partial charge >= 0.3 is 0 Å². The van der Waals surface area contributed by atoms with Crippen molar-refractivity contribution in [2.45, 2.75) is 24.8 Å². The number of aliphatic hydroxyl groups is 4. The summed E-state index contributed by atoms with van der Waals surface area (Å²) in [5, 5.41) is 38.3. The smallest absolute Gasteiger partial charge is 0.0881 e. The van der Waals surface area contributed by atoms with Crippen molar-refractivity contribution in [2.75, 3.05) is 33.0 Å². The van der Waals surface area contributed by atoms with Gasteiger partial charge in [-0.3, -0.25) is 0 Å². The maximum Gasteiger partial charge on any atom is 0.0881 e. The molecule has 0 aliphatic heterocycles. The number of aliphatic hydroxyl groups excluding tert-OH is 4. The van der Waals surface area contributed by atoms with E-state index in [2.05, 4.69) is 5.32 Å². The third-order valence-electron chi connectivity index (χ3n) is 2.24. The van der Waals surface area contributed by atoms with Crippen LogP contribution in [0.2, 0.25) is 0 Å². The van der Waals surface area contributed by atoms with E-state index in [0.717, 1.165) is 19.3 Å². The molecule has 5 N–H and O–H groups in total. The van der Waals surface area contributed by atoms with Crippen LogP contribution >= 0.6 is 0 Å². The van der Waals surface area contributed by atoms with Gasteiger partial charge in [0, 0.05) is 6.61 Å². The summed E-state index contributed by atoms with van der Waals surface area (Å²) < 4.78 is 0. The molecule has 0 radical (unpaired) electrons. The Kier molecular flexibility index (Phi) is 8.02. The van der Waals surface area contributed by atoms with E-state index in [1.54, 1.807) is 0 Å². The number of hydrogen-bond acceptors (Lipinski definition) is 5. The van der Waals surface area contributed by atoms with Crippen LogP contribution in [0.3, 0.4) is 0 Å². The lowest BCUT2D eigenvalue weighted by atomic mass is 10.0. The van der Waals surface area contributed by atoms with E-state index in [4.69, 9.17) is 20.4 Å². The van der Waals surface area contributed by atoms with Crippen LogP contribution in [0.25, 0.3) is 0 Å². The highest BCUT2D eigenvalue weighted by Crippen LogP contribution is 2.02. The van der Waals surface area contributed by atoms with Crippen molar-refractivity contribution in [3.63, 3.8) is 0 Å². The molecule has 86 valence electrons. The van der Waals surface area contributed by atoms with Crippen LogP contribution in [-0.4, -0.2) is 58.9 Å². The van der Waals surface area contributed by atoms with Crippen LogP contribution in [0.4, 0.5) is 0 Å². The van der Waals surface area contributed by atoms with Crippen molar-refractivity contribution in [3.8, 4) is 0 Å². The van der Waals surface area contributed by atoms with Crippen LogP contribution in [0.1, 0.15) is 19.3 Å². The second-order valence-corrected chi connectivity index (χ2v) is 3.47. The highest BCUT2D eigenvalue weighted by atomic mass is 16.3. The highest BCUT2D eigenvalue weighted by Gasteiger charge is 2.26. The Labute approximate surface area is 84.4 Å². The Morgan fingerprint density at radius 2 is 1.36 bits per heavy atom. The Morgan fingerprint density at radius 1 is 0.786 bits per heavy atom. The van der Waals surface area contributed by atoms with E-state index in [-0.39, 0.29) is 26.4 Å². The van der Waals surface area contributed by atoms with Gasteiger partial charge in [0.05, 0.1) is 25.4 Å². The van der Waals surface area contributed by atoms with Crippen LogP contribution in [0.5, 0.6) is 0 Å². The molecular formula is C9H21NO4.